The Balaban J connectivity index is 1.25. The Morgan fingerprint density at radius 2 is 1.97 bits per heavy atom. The maximum atomic E-state index is 12.5. The predicted molar refractivity (Wildman–Crippen MR) is 105 cm³/mol. The summed E-state index contributed by atoms with van der Waals surface area (Å²) in [6, 6.07) is 7.04. The number of hydrogen-bond acceptors (Lipinski definition) is 4. The summed E-state index contributed by atoms with van der Waals surface area (Å²) in [7, 11) is 0. The maximum Gasteiger partial charge on any atom is 0.407 e. The Bertz CT molecular complexity index is 901. The van der Waals surface area contributed by atoms with Gasteiger partial charge >= 0.3 is 6.09 Å². The van der Waals surface area contributed by atoms with Crippen molar-refractivity contribution in [2.45, 2.75) is 44.2 Å². The summed E-state index contributed by atoms with van der Waals surface area (Å²) in [6.07, 6.45) is 0.942. The van der Waals surface area contributed by atoms with Crippen molar-refractivity contribution in [1.82, 2.24) is 25.5 Å². The zero-order valence-electron chi connectivity index (χ0n) is 16.2. The molecular formula is C20H25N5O4. The van der Waals surface area contributed by atoms with Crippen molar-refractivity contribution in [3.63, 3.8) is 0 Å². The molecule has 2 aromatic rings. The second-order valence-electron chi connectivity index (χ2n) is 7.87. The molecule has 9 nitrogen and oxygen atoms in total. The van der Waals surface area contributed by atoms with Crippen LogP contribution in [0.2, 0.25) is 0 Å². The summed E-state index contributed by atoms with van der Waals surface area (Å²) in [4.78, 5) is 45.0. The van der Waals surface area contributed by atoms with Crippen LogP contribution in [0.25, 0.3) is 11.0 Å². The number of para-hydroxylation sites is 2. The highest BCUT2D eigenvalue weighted by atomic mass is 16.4. The van der Waals surface area contributed by atoms with Gasteiger partial charge in [-0.1, -0.05) is 12.1 Å². The van der Waals surface area contributed by atoms with Gasteiger partial charge in [0.15, 0.2) is 0 Å². The number of carbonyl (C=O) groups is 3. The number of nitrogens with zero attached hydrogens (tertiary/aromatic N) is 2. The van der Waals surface area contributed by atoms with E-state index in [0.717, 1.165) is 16.9 Å². The Morgan fingerprint density at radius 1 is 1.24 bits per heavy atom. The lowest BCUT2D eigenvalue weighted by molar-refractivity contribution is -0.129. The van der Waals surface area contributed by atoms with Crippen LogP contribution in [0.15, 0.2) is 24.3 Å². The number of amides is 3. The van der Waals surface area contributed by atoms with E-state index in [1.807, 2.05) is 24.3 Å². The van der Waals surface area contributed by atoms with Crippen LogP contribution in [0.1, 0.15) is 37.9 Å². The summed E-state index contributed by atoms with van der Waals surface area (Å²) in [5.41, 5.74) is 1.84. The van der Waals surface area contributed by atoms with Crippen LogP contribution >= 0.6 is 0 Å². The summed E-state index contributed by atoms with van der Waals surface area (Å²) >= 11 is 0. The highest BCUT2D eigenvalue weighted by Crippen LogP contribution is 2.46. The van der Waals surface area contributed by atoms with Crippen LogP contribution in [0.5, 0.6) is 0 Å². The van der Waals surface area contributed by atoms with Gasteiger partial charge in [0.05, 0.1) is 11.0 Å². The highest BCUT2D eigenvalue weighted by molar-refractivity contribution is 5.90. The smallest absolute Gasteiger partial charge is 0.407 e. The van der Waals surface area contributed by atoms with E-state index >= 15 is 0 Å². The number of likely N-dealkylation sites (tertiary alicyclic amines) is 1. The number of imidazole rings is 1. The zero-order chi connectivity index (χ0) is 20.5. The summed E-state index contributed by atoms with van der Waals surface area (Å²) < 4.78 is 0. The summed E-state index contributed by atoms with van der Waals surface area (Å²) in [5.74, 6) is 0.308. The first kappa shape index (κ1) is 19.2. The van der Waals surface area contributed by atoms with E-state index < -0.39 is 12.1 Å². The second-order valence-corrected chi connectivity index (χ2v) is 7.87. The Labute approximate surface area is 167 Å². The molecule has 2 aliphatic rings. The van der Waals surface area contributed by atoms with Gasteiger partial charge in [-0.25, -0.2) is 9.78 Å². The third kappa shape index (κ3) is 4.18. The molecular weight excluding hydrogens is 374 g/mol. The highest BCUT2D eigenvalue weighted by Gasteiger charge is 2.46. The molecule has 3 amide bonds. The van der Waals surface area contributed by atoms with Gasteiger partial charge in [0.2, 0.25) is 11.8 Å². The Morgan fingerprint density at radius 3 is 2.66 bits per heavy atom. The van der Waals surface area contributed by atoms with Crippen molar-refractivity contribution in [3.8, 4) is 0 Å². The van der Waals surface area contributed by atoms with E-state index in [1.54, 1.807) is 6.92 Å². The number of nitrogens with one attached hydrogen (secondary N) is 3. The van der Waals surface area contributed by atoms with Gasteiger partial charge in [0.25, 0.3) is 0 Å². The average molecular weight is 399 g/mol. The summed E-state index contributed by atoms with van der Waals surface area (Å²) in [6.45, 7) is 2.47. The topological polar surface area (TPSA) is 127 Å². The fraction of sp³-hybridized carbons (Fsp3) is 0.500. The first-order chi connectivity index (χ1) is 13.9. The van der Waals surface area contributed by atoms with E-state index in [9.17, 15) is 14.4 Å². The molecule has 0 spiro atoms. The normalized spacial score (nSPS) is 22.9. The molecule has 1 aromatic heterocycles. The number of carboxylic acid groups (broad SMARTS) is 1. The molecule has 1 saturated heterocycles. The van der Waals surface area contributed by atoms with Crippen LogP contribution < -0.4 is 10.6 Å². The van der Waals surface area contributed by atoms with Gasteiger partial charge in [-0.2, -0.15) is 0 Å². The number of carbonyl (C=O) groups excluding carboxylic acids is 2. The van der Waals surface area contributed by atoms with Gasteiger partial charge in [0, 0.05) is 31.0 Å². The molecule has 3 atom stereocenters. The van der Waals surface area contributed by atoms with Crippen LogP contribution in [0, 0.1) is 5.92 Å². The van der Waals surface area contributed by atoms with Gasteiger partial charge in [0.1, 0.15) is 11.9 Å². The lowest BCUT2D eigenvalue weighted by atomic mass is 10.0. The minimum Gasteiger partial charge on any atom is -0.465 e. The Hall–Kier alpha value is -3.10. The SMILES string of the molecule is CC(NC(=O)C1CC1c1nc2ccccc2[nH]1)C(=O)NC1CCN(C(=O)O)CC1. The monoisotopic (exact) mass is 399 g/mol. The van der Waals surface area contributed by atoms with Gasteiger partial charge < -0.3 is 25.6 Å². The van der Waals surface area contributed by atoms with Crippen LogP contribution in [0.3, 0.4) is 0 Å². The molecule has 1 aliphatic carbocycles. The first-order valence-corrected chi connectivity index (χ1v) is 9.95. The van der Waals surface area contributed by atoms with Crippen molar-refractivity contribution >= 4 is 28.9 Å². The predicted octanol–water partition coefficient (Wildman–Crippen LogP) is 1.43. The number of aromatic nitrogens is 2. The third-order valence-corrected chi connectivity index (χ3v) is 5.75. The number of piperidine rings is 1. The third-order valence-electron chi connectivity index (χ3n) is 5.75. The zero-order valence-corrected chi connectivity index (χ0v) is 16.2. The van der Waals surface area contributed by atoms with E-state index in [1.165, 1.54) is 4.90 Å². The molecule has 2 fully saturated rings. The van der Waals surface area contributed by atoms with Crippen molar-refractivity contribution in [2.75, 3.05) is 13.1 Å². The molecule has 2 heterocycles. The van der Waals surface area contributed by atoms with Gasteiger partial charge in [-0.15, -0.1) is 0 Å². The molecule has 4 rings (SSSR count). The number of H-pyrrole nitrogens is 1. The molecule has 0 bridgehead atoms. The molecule has 9 heteroatoms. The van der Waals surface area contributed by atoms with Gasteiger partial charge in [-0.3, -0.25) is 9.59 Å². The fourth-order valence-corrected chi connectivity index (χ4v) is 3.86. The standard InChI is InChI=1S/C20H25N5O4/c1-11(18(26)22-12-6-8-25(9-7-12)20(28)29)21-19(27)14-10-13(14)17-23-15-4-2-3-5-16(15)24-17/h2-5,11-14H,6-10H2,1H3,(H,21,27)(H,22,26)(H,23,24)(H,28,29). The van der Waals surface area contributed by atoms with Crippen LogP contribution in [-0.2, 0) is 9.59 Å². The molecule has 1 saturated carbocycles. The quantitative estimate of drug-likeness (QED) is 0.605. The molecule has 1 aliphatic heterocycles. The minimum absolute atomic E-state index is 0.0537. The van der Waals surface area contributed by atoms with Gasteiger partial charge in [-0.05, 0) is 38.3 Å². The molecule has 29 heavy (non-hydrogen) atoms. The van der Waals surface area contributed by atoms with Crippen molar-refractivity contribution in [1.29, 1.82) is 0 Å². The molecule has 1 aromatic carbocycles. The maximum absolute atomic E-state index is 12.5. The average Bonchev–Trinajstić information content (AvgIpc) is 3.40. The number of hydrogen-bond donors (Lipinski definition) is 4. The lowest BCUT2D eigenvalue weighted by Crippen LogP contribution is -2.51. The second kappa shape index (κ2) is 7.73. The van der Waals surface area contributed by atoms with Crippen LogP contribution in [0.4, 0.5) is 4.79 Å². The van der Waals surface area contributed by atoms with Crippen molar-refractivity contribution < 1.29 is 19.5 Å². The molecule has 0 radical (unpaired) electrons. The fourth-order valence-electron chi connectivity index (χ4n) is 3.86. The number of rotatable bonds is 5. The minimum atomic E-state index is -0.932. The summed E-state index contributed by atoms with van der Waals surface area (Å²) in [5, 5.41) is 14.7. The Kier molecular flexibility index (Phi) is 5.12. The van der Waals surface area contributed by atoms with E-state index in [4.69, 9.17) is 5.11 Å². The van der Waals surface area contributed by atoms with E-state index in [0.29, 0.717) is 32.4 Å². The number of benzene rings is 1. The number of aromatic amines is 1. The molecule has 3 unspecified atom stereocenters. The molecule has 154 valence electrons. The number of fused-ring (bicyclic) bond motifs is 1. The van der Waals surface area contributed by atoms with Crippen molar-refractivity contribution in [2.24, 2.45) is 5.92 Å². The van der Waals surface area contributed by atoms with Crippen molar-refractivity contribution in [3.05, 3.63) is 30.1 Å². The largest absolute Gasteiger partial charge is 0.465 e. The van der Waals surface area contributed by atoms with Crippen LogP contribution in [-0.4, -0.2) is 63.1 Å². The van der Waals surface area contributed by atoms with E-state index in [-0.39, 0.29) is 29.7 Å². The first-order valence-electron chi connectivity index (χ1n) is 9.95. The van der Waals surface area contributed by atoms with E-state index in [2.05, 4.69) is 20.6 Å². The lowest BCUT2D eigenvalue weighted by Gasteiger charge is -2.31. The molecule has 4 N–H and O–H groups in total.